The van der Waals surface area contributed by atoms with E-state index in [1.807, 2.05) is 6.92 Å². The predicted octanol–water partition coefficient (Wildman–Crippen LogP) is 1.35. The standard InChI is InChI=1S/C17H26N2O5S/c1-11(2)19-15(20)10-24-16(21)6-7-18-25(22,23)17-13(4)8-12(3)9-14(17)5/h8-9,11,18H,6-7,10H2,1-5H3,(H,19,20). The van der Waals surface area contributed by atoms with Gasteiger partial charge in [0.2, 0.25) is 10.0 Å². The third-order valence-electron chi connectivity index (χ3n) is 3.31. The van der Waals surface area contributed by atoms with E-state index in [4.69, 9.17) is 4.74 Å². The number of esters is 1. The Balaban J connectivity index is 2.55. The molecule has 0 saturated carbocycles. The lowest BCUT2D eigenvalue weighted by Crippen LogP contribution is -2.34. The smallest absolute Gasteiger partial charge is 0.307 e. The average Bonchev–Trinajstić information content (AvgIpc) is 2.42. The quantitative estimate of drug-likeness (QED) is 0.673. The summed E-state index contributed by atoms with van der Waals surface area (Å²) in [7, 11) is -3.72. The van der Waals surface area contributed by atoms with Crippen molar-refractivity contribution in [3.63, 3.8) is 0 Å². The van der Waals surface area contributed by atoms with Crippen LogP contribution in [0.3, 0.4) is 0 Å². The zero-order chi connectivity index (χ0) is 19.2. The number of nitrogens with one attached hydrogen (secondary N) is 2. The molecule has 0 aliphatic carbocycles. The molecule has 8 heteroatoms. The van der Waals surface area contributed by atoms with Gasteiger partial charge in [-0.05, 0) is 45.7 Å². The Labute approximate surface area is 149 Å². The zero-order valence-corrected chi connectivity index (χ0v) is 16.1. The molecule has 1 aromatic rings. The van der Waals surface area contributed by atoms with Crippen molar-refractivity contribution in [1.29, 1.82) is 0 Å². The Morgan fingerprint density at radius 3 is 2.20 bits per heavy atom. The minimum absolute atomic E-state index is 0.0426. The van der Waals surface area contributed by atoms with Crippen LogP contribution in [-0.2, 0) is 24.3 Å². The SMILES string of the molecule is Cc1cc(C)c(S(=O)(=O)NCCC(=O)OCC(=O)NC(C)C)c(C)c1. The largest absolute Gasteiger partial charge is 0.456 e. The van der Waals surface area contributed by atoms with Crippen LogP contribution in [0.4, 0.5) is 0 Å². The lowest BCUT2D eigenvalue weighted by Gasteiger charge is -2.13. The Kier molecular flexibility index (Phi) is 7.57. The third kappa shape index (κ3) is 6.83. The van der Waals surface area contributed by atoms with Crippen molar-refractivity contribution in [2.75, 3.05) is 13.2 Å². The molecule has 25 heavy (non-hydrogen) atoms. The number of benzene rings is 1. The molecular weight excluding hydrogens is 344 g/mol. The highest BCUT2D eigenvalue weighted by Crippen LogP contribution is 2.21. The molecule has 2 N–H and O–H groups in total. The molecule has 0 bridgehead atoms. The highest BCUT2D eigenvalue weighted by molar-refractivity contribution is 7.89. The fourth-order valence-electron chi connectivity index (χ4n) is 2.53. The summed E-state index contributed by atoms with van der Waals surface area (Å²) in [6, 6.07) is 3.55. The van der Waals surface area contributed by atoms with Gasteiger partial charge < -0.3 is 10.1 Å². The van der Waals surface area contributed by atoms with Crippen LogP contribution in [0.25, 0.3) is 0 Å². The second kappa shape index (κ2) is 8.96. The van der Waals surface area contributed by atoms with E-state index in [0.717, 1.165) is 5.56 Å². The fraction of sp³-hybridized carbons (Fsp3) is 0.529. The van der Waals surface area contributed by atoms with Crippen molar-refractivity contribution in [3.05, 3.63) is 28.8 Å². The molecule has 1 amide bonds. The first-order chi connectivity index (χ1) is 11.5. The maximum Gasteiger partial charge on any atom is 0.307 e. The molecule has 0 aromatic heterocycles. The highest BCUT2D eigenvalue weighted by Gasteiger charge is 2.20. The molecule has 0 saturated heterocycles. The van der Waals surface area contributed by atoms with Crippen LogP contribution in [0.15, 0.2) is 17.0 Å². The Hall–Kier alpha value is -1.93. The summed E-state index contributed by atoms with van der Waals surface area (Å²) in [5.41, 5.74) is 2.29. The highest BCUT2D eigenvalue weighted by atomic mass is 32.2. The summed E-state index contributed by atoms with van der Waals surface area (Å²) >= 11 is 0. The minimum Gasteiger partial charge on any atom is -0.456 e. The number of rotatable bonds is 8. The summed E-state index contributed by atoms with van der Waals surface area (Å²) in [6.07, 6.45) is -0.155. The molecular formula is C17H26N2O5S. The van der Waals surface area contributed by atoms with Gasteiger partial charge in [0.25, 0.3) is 5.91 Å². The summed E-state index contributed by atoms with van der Waals surface area (Å²) in [6.45, 7) is 8.48. The van der Waals surface area contributed by atoms with Crippen molar-refractivity contribution < 1.29 is 22.7 Å². The first kappa shape index (κ1) is 21.1. The van der Waals surface area contributed by atoms with E-state index < -0.39 is 21.9 Å². The van der Waals surface area contributed by atoms with Crippen molar-refractivity contribution in [1.82, 2.24) is 10.0 Å². The maximum atomic E-state index is 12.4. The Morgan fingerprint density at radius 2 is 1.68 bits per heavy atom. The molecule has 0 fully saturated rings. The number of hydrogen-bond donors (Lipinski definition) is 2. The molecule has 140 valence electrons. The van der Waals surface area contributed by atoms with Crippen LogP contribution in [0, 0.1) is 20.8 Å². The minimum atomic E-state index is -3.72. The fourth-order valence-corrected chi connectivity index (χ4v) is 4.01. The Morgan fingerprint density at radius 1 is 1.12 bits per heavy atom. The normalized spacial score (nSPS) is 11.4. The van der Waals surface area contributed by atoms with Gasteiger partial charge in [-0.3, -0.25) is 9.59 Å². The molecule has 0 unspecified atom stereocenters. The van der Waals surface area contributed by atoms with E-state index in [9.17, 15) is 18.0 Å². The van der Waals surface area contributed by atoms with Crippen molar-refractivity contribution in [2.45, 2.75) is 52.0 Å². The van der Waals surface area contributed by atoms with E-state index in [1.165, 1.54) is 0 Å². The van der Waals surface area contributed by atoms with Crippen molar-refractivity contribution >= 4 is 21.9 Å². The lowest BCUT2D eigenvalue weighted by atomic mass is 10.1. The molecule has 0 radical (unpaired) electrons. The molecule has 0 aliphatic rings. The number of amides is 1. The van der Waals surface area contributed by atoms with Crippen LogP contribution < -0.4 is 10.0 Å². The van der Waals surface area contributed by atoms with Gasteiger partial charge in [0.05, 0.1) is 11.3 Å². The molecule has 0 spiro atoms. The third-order valence-corrected chi connectivity index (χ3v) is 5.07. The number of ether oxygens (including phenoxy) is 1. The zero-order valence-electron chi connectivity index (χ0n) is 15.3. The van der Waals surface area contributed by atoms with E-state index in [0.29, 0.717) is 11.1 Å². The molecule has 0 atom stereocenters. The summed E-state index contributed by atoms with van der Waals surface area (Å²) in [5.74, 6) is -1.03. The second-order valence-electron chi connectivity index (χ2n) is 6.26. The van der Waals surface area contributed by atoms with Gasteiger partial charge in [-0.25, -0.2) is 13.1 Å². The van der Waals surface area contributed by atoms with Crippen molar-refractivity contribution in [2.24, 2.45) is 0 Å². The van der Waals surface area contributed by atoms with Crippen LogP contribution in [-0.4, -0.2) is 39.5 Å². The van der Waals surface area contributed by atoms with Crippen LogP contribution in [0.2, 0.25) is 0 Å². The van der Waals surface area contributed by atoms with E-state index in [1.54, 1.807) is 39.8 Å². The number of sulfonamides is 1. The monoisotopic (exact) mass is 370 g/mol. The number of carbonyl (C=O) groups is 2. The Bertz CT molecular complexity index is 718. The van der Waals surface area contributed by atoms with Gasteiger partial charge >= 0.3 is 5.97 Å². The van der Waals surface area contributed by atoms with Gasteiger partial charge in [-0.2, -0.15) is 0 Å². The summed E-state index contributed by atoms with van der Waals surface area (Å²) in [4.78, 5) is 23.2. The second-order valence-corrected chi connectivity index (χ2v) is 7.96. The van der Waals surface area contributed by atoms with Crippen LogP contribution >= 0.6 is 0 Å². The number of aryl methyl sites for hydroxylation is 3. The van der Waals surface area contributed by atoms with Gasteiger partial charge in [0, 0.05) is 12.6 Å². The number of hydrogen-bond acceptors (Lipinski definition) is 5. The first-order valence-corrected chi connectivity index (χ1v) is 9.53. The van der Waals surface area contributed by atoms with Gasteiger partial charge in [-0.1, -0.05) is 17.7 Å². The van der Waals surface area contributed by atoms with Crippen LogP contribution in [0.1, 0.15) is 37.0 Å². The van der Waals surface area contributed by atoms with Gasteiger partial charge in [-0.15, -0.1) is 0 Å². The topological polar surface area (TPSA) is 102 Å². The number of carbonyl (C=O) groups excluding carboxylic acids is 2. The van der Waals surface area contributed by atoms with E-state index in [2.05, 4.69) is 10.0 Å². The molecule has 1 aromatic carbocycles. The summed E-state index contributed by atoms with van der Waals surface area (Å²) in [5, 5.41) is 2.59. The molecule has 7 nitrogen and oxygen atoms in total. The van der Waals surface area contributed by atoms with E-state index >= 15 is 0 Å². The maximum absolute atomic E-state index is 12.4. The lowest BCUT2D eigenvalue weighted by molar-refractivity contribution is -0.148. The molecule has 0 aliphatic heterocycles. The predicted molar refractivity (Wildman–Crippen MR) is 94.7 cm³/mol. The summed E-state index contributed by atoms with van der Waals surface area (Å²) < 4.78 is 32.1. The molecule has 1 rings (SSSR count). The average molecular weight is 370 g/mol. The van der Waals surface area contributed by atoms with Gasteiger partial charge in [0.15, 0.2) is 6.61 Å². The van der Waals surface area contributed by atoms with Crippen LogP contribution in [0.5, 0.6) is 0 Å². The first-order valence-electron chi connectivity index (χ1n) is 8.05. The molecule has 0 heterocycles. The van der Waals surface area contributed by atoms with E-state index in [-0.39, 0.29) is 30.5 Å². The van der Waals surface area contributed by atoms with Gasteiger partial charge in [0.1, 0.15) is 0 Å². The van der Waals surface area contributed by atoms with Crippen molar-refractivity contribution in [3.8, 4) is 0 Å².